The first-order chi connectivity index (χ1) is 11.5. The van der Waals surface area contributed by atoms with Gasteiger partial charge < -0.3 is 5.32 Å². The lowest BCUT2D eigenvalue weighted by Crippen LogP contribution is -2.30. The molecular formula is C17H12Cl2FN3O. The second-order valence-corrected chi connectivity index (χ2v) is 5.98. The lowest BCUT2D eigenvalue weighted by molar-refractivity contribution is -0.119. The van der Waals surface area contributed by atoms with Gasteiger partial charge in [0.25, 0.3) is 0 Å². The number of pyridine rings is 1. The minimum Gasteiger partial charge on any atom is -0.314 e. The van der Waals surface area contributed by atoms with Crippen LogP contribution in [-0.2, 0) is 11.2 Å². The molecule has 0 atom stereocenters. The Morgan fingerprint density at radius 2 is 1.96 bits per heavy atom. The molecule has 0 spiro atoms. The summed E-state index contributed by atoms with van der Waals surface area (Å²) in [6.45, 7) is 0. The van der Waals surface area contributed by atoms with Crippen LogP contribution in [-0.4, -0.2) is 16.7 Å². The number of benzene rings is 1. The third kappa shape index (κ3) is 3.80. The monoisotopic (exact) mass is 363 g/mol. The molecule has 0 unspecified atom stereocenters. The molecule has 0 saturated carbocycles. The molecule has 7 heteroatoms. The number of rotatable bonds is 3. The Balaban J connectivity index is 1.65. The van der Waals surface area contributed by atoms with Gasteiger partial charge in [-0.25, -0.2) is 9.38 Å². The van der Waals surface area contributed by atoms with Gasteiger partial charge in [0.2, 0.25) is 5.91 Å². The summed E-state index contributed by atoms with van der Waals surface area (Å²) in [6.07, 6.45) is 5.74. The van der Waals surface area contributed by atoms with E-state index in [1.807, 2.05) is 18.2 Å². The zero-order valence-electron chi connectivity index (χ0n) is 12.4. The van der Waals surface area contributed by atoms with Crippen molar-refractivity contribution in [3.8, 4) is 0 Å². The van der Waals surface area contributed by atoms with Gasteiger partial charge in [-0.05, 0) is 29.8 Å². The molecule has 1 aromatic heterocycles. The van der Waals surface area contributed by atoms with Crippen LogP contribution in [0.15, 0.2) is 47.7 Å². The molecule has 1 aliphatic heterocycles. The van der Waals surface area contributed by atoms with Crippen LogP contribution in [0.1, 0.15) is 17.5 Å². The highest BCUT2D eigenvalue weighted by Crippen LogP contribution is 2.25. The number of amides is 1. The number of carbonyl (C=O) groups is 1. The van der Waals surface area contributed by atoms with E-state index in [-0.39, 0.29) is 22.4 Å². The molecule has 0 radical (unpaired) electrons. The van der Waals surface area contributed by atoms with E-state index < -0.39 is 5.82 Å². The largest absolute Gasteiger partial charge is 0.314 e. The van der Waals surface area contributed by atoms with Crippen molar-refractivity contribution in [2.45, 2.75) is 12.8 Å². The van der Waals surface area contributed by atoms with E-state index in [4.69, 9.17) is 23.2 Å². The van der Waals surface area contributed by atoms with Crippen molar-refractivity contribution in [1.82, 2.24) is 10.3 Å². The molecule has 2 heterocycles. The number of aliphatic imine (C=N–C) groups is 1. The first-order valence-electron chi connectivity index (χ1n) is 7.14. The number of hydrogen-bond donors (Lipinski definition) is 1. The van der Waals surface area contributed by atoms with E-state index in [9.17, 15) is 9.18 Å². The van der Waals surface area contributed by atoms with Crippen molar-refractivity contribution in [3.05, 3.63) is 69.7 Å². The van der Waals surface area contributed by atoms with Gasteiger partial charge in [-0.1, -0.05) is 29.3 Å². The number of amidine groups is 1. The Bertz CT molecular complexity index is 850. The molecule has 1 aromatic carbocycles. The average Bonchev–Trinajstić information content (AvgIpc) is 3.02. The van der Waals surface area contributed by atoms with E-state index in [1.54, 1.807) is 12.4 Å². The normalized spacial score (nSPS) is 13.5. The highest BCUT2D eigenvalue weighted by molar-refractivity contribution is 6.35. The van der Waals surface area contributed by atoms with Gasteiger partial charge in [-0.2, -0.15) is 0 Å². The molecule has 0 aliphatic carbocycles. The summed E-state index contributed by atoms with van der Waals surface area (Å²) in [5.74, 6) is -0.386. The fraction of sp³-hybridized carbons (Fsp3) is 0.118. The number of hydrogen-bond acceptors (Lipinski definition) is 3. The van der Waals surface area contributed by atoms with E-state index in [0.29, 0.717) is 17.8 Å². The predicted molar refractivity (Wildman–Crippen MR) is 92.5 cm³/mol. The topological polar surface area (TPSA) is 54.4 Å². The molecule has 3 rings (SSSR count). The maximum absolute atomic E-state index is 13.5. The van der Waals surface area contributed by atoms with Gasteiger partial charge in [0.15, 0.2) is 0 Å². The van der Waals surface area contributed by atoms with Crippen LogP contribution < -0.4 is 5.32 Å². The van der Waals surface area contributed by atoms with Gasteiger partial charge in [-0.15, -0.1) is 0 Å². The quantitative estimate of drug-likeness (QED) is 0.837. The van der Waals surface area contributed by atoms with Gasteiger partial charge >= 0.3 is 0 Å². The second kappa shape index (κ2) is 7.11. The van der Waals surface area contributed by atoms with Crippen molar-refractivity contribution in [1.29, 1.82) is 0 Å². The molecule has 0 saturated heterocycles. The maximum atomic E-state index is 13.5. The van der Waals surface area contributed by atoms with Crippen LogP contribution in [0.4, 0.5) is 4.39 Å². The molecule has 4 nitrogen and oxygen atoms in total. The smallest absolute Gasteiger partial charge is 0.229 e. The summed E-state index contributed by atoms with van der Waals surface area (Å²) >= 11 is 11.6. The summed E-state index contributed by atoms with van der Waals surface area (Å²) in [5, 5.41) is 2.89. The van der Waals surface area contributed by atoms with Crippen LogP contribution in [0.25, 0.3) is 5.70 Å². The Morgan fingerprint density at radius 1 is 1.21 bits per heavy atom. The van der Waals surface area contributed by atoms with Gasteiger partial charge in [0.05, 0.1) is 17.1 Å². The number of halogens is 3. The van der Waals surface area contributed by atoms with Gasteiger partial charge in [0.1, 0.15) is 11.7 Å². The first kappa shape index (κ1) is 16.6. The first-order valence-corrected chi connectivity index (χ1v) is 7.90. The summed E-state index contributed by atoms with van der Waals surface area (Å²) in [6, 6.07) is 6.14. The lowest BCUT2D eigenvalue weighted by atomic mass is 10.1. The van der Waals surface area contributed by atoms with Crippen molar-refractivity contribution < 1.29 is 9.18 Å². The fourth-order valence-electron chi connectivity index (χ4n) is 2.29. The zero-order chi connectivity index (χ0) is 17.1. The Labute approximate surface area is 148 Å². The van der Waals surface area contributed by atoms with Gasteiger partial charge in [0, 0.05) is 29.4 Å². The van der Waals surface area contributed by atoms with E-state index in [1.165, 1.54) is 12.1 Å². The summed E-state index contributed by atoms with van der Waals surface area (Å²) in [7, 11) is 0. The second-order valence-electron chi connectivity index (χ2n) is 5.17. The molecule has 0 fully saturated rings. The average molecular weight is 364 g/mol. The summed E-state index contributed by atoms with van der Waals surface area (Å²) in [4.78, 5) is 20.5. The van der Waals surface area contributed by atoms with E-state index in [2.05, 4.69) is 15.3 Å². The third-order valence-electron chi connectivity index (χ3n) is 3.44. The minimum absolute atomic E-state index is 0.0590. The van der Waals surface area contributed by atoms with Crippen LogP contribution in [0, 0.1) is 5.82 Å². The Kier molecular flexibility index (Phi) is 4.92. The molecule has 2 aromatic rings. The molecule has 0 bridgehead atoms. The van der Waals surface area contributed by atoms with Crippen molar-refractivity contribution in [3.63, 3.8) is 0 Å². The van der Waals surface area contributed by atoms with Crippen LogP contribution in [0.5, 0.6) is 0 Å². The summed E-state index contributed by atoms with van der Waals surface area (Å²) < 4.78 is 13.5. The Morgan fingerprint density at radius 3 is 2.71 bits per heavy atom. The Hall–Kier alpha value is -2.24. The van der Waals surface area contributed by atoms with Crippen LogP contribution in [0.3, 0.4) is 0 Å². The summed E-state index contributed by atoms with van der Waals surface area (Å²) in [5.41, 5.74) is 2.08. The molecule has 1 aliphatic rings. The lowest BCUT2D eigenvalue weighted by Gasteiger charge is -2.07. The highest BCUT2D eigenvalue weighted by atomic mass is 35.5. The molecule has 24 heavy (non-hydrogen) atoms. The molecule has 1 amide bonds. The highest BCUT2D eigenvalue weighted by Gasteiger charge is 2.15. The van der Waals surface area contributed by atoms with Gasteiger partial charge in [-0.3, -0.25) is 9.78 Å². The van der Waals surface area contributed by atoms with Crippen LogP contribution in [0.2, 0.25) is 10.0 Å². The molecule has 122 valence electrons. The van der Waals surface area contributed by atoms with Crippen molar-refractivity contribution >= 4 is 40.6 Å². The number of aromatic nitrogens is 1. The molecular weight excluding hydrogens is 352 g/mol. The zero-order valence-corrected chi connectivity index (χ0v) is 13.9. The predicted octanol–water partition coefficient (Wildman–Crippen LogP) is 4.03. The van der Waals surface area contributed by atoms with E-state index in [0.717, 1.165) is 11.3 Å². The standard InChI is InChI=1S/C17H12Cl2FN3O/c18-12-9-13(19)14(20)7-11(12)8-17(24)23-16-2-1-15(22-16)10-3-5-21-6-4-10/h1,3-7,9H,2,8H2,(H,22,23,24). The maximum Gasteiger partial charge on any atom is 0.229 e. The van der Waals surface area contributed by atoms with Crippen molar-refractivity contribution in [2.24, 2.45) is 4.99 Å². The molecule has 1 N–H and O–H groups in total. The minimum atomic E-state index is -0.608. The number of nitrogens with zero attached hydrogens (tertiary/aromatic N) is 2. The van der Waals surface area contributed by atoms with Crippen LogP contribution >= 0.6 is 23.2 Å². The SMILES string of the molecule is O=C(Cc1cc(F)c(Cl)cc1Cl)NC1=NC(c2ccncc2)=CC1. The third-order valence-corrected chi connectivity index (χ3v) is 4.09. The fourth-order valence-corrected chi connectivity index (χ4v) is 2.74. The number of nitrogens with one attached hydrogen (secondary N) is 1. The number of carbonyl (C=O) groups excluding carboxylic acids is 1. The van der Waals surface area contributed by atoms with E-state index >= 15 is 0 Å². The van der Waals surface area contributed by atoms with Crippen molar-refractivity contribution in [2.75, 3.05) is 0 Å².